The Bertz CT molecular complexity index is 841. The molecule has 0 spiro atoms. The zero-order valence-electron chi connectivity index (χ0n) is 11.5. The minimum absolute atomic E-state index is 0.147. The molecule has 0 aliphatic heterocycles. The van der Waals surface area contributed by atoms with E-state index in [9.17, 15) is 13.6 Å². The summed E-state index contributed by atoms with van der Waals surface area (Å²) in [6.07, 6.45) is 0. The number of fused-ring (bicyclic) bond motifs is 1. The Hall–Kier alpha value is -2.07. The summed E-state index contributed by atoms with van der Waals surface area (Å²) >= 11 is 1.25. The Morgan fingerprint density at radius 1 is 0.952 bits per heavy atom. The Morgan fingerprint density at radius 2 is 1.62 bits per heavy atom. The van der Waals surface area contributed by atoms with Gasteiger partial charge in [-0.15, -0.1) is 11.3 Å². The highest BCUT2D eigenvalue weighted by atomic mass is 32.1. The van der Waals surface area contributed by atoms with E-state index in [2.05, 4.69) is 0 Å². The van der Waals surface area contributed by atoms with E-state index in [0.717, 1.165) is 10.1 Å². The summed E-state index contributed by atoms with van der Waals surface area (Å²) in [5.41, 5.74) is 1.74. The summed E-state index contributed by atoms with van der Waals surface area (Å²) in [6, 6.07) is 8.91. The predicted molar refractivity (Wildman–Crippen MR) is 81.1 cm³/mol. The molecule has 1 nitrogen and oxygen atoms in total. The quantitative estimate of drug-likeness (QED) is 0.607. The van der Waals surface area contributed by atoms with Gasteiger partial charge in [-0.05, 0) is 60.7 Å². The largest absolute Gasteiger partial charge is 0.288 e. The van der Waals surface area contributed by atoms with Gasteiger partial charge in [0.15, 0.2) is 0 Å². The number of halogens is 2. The molecule has 106 valence electrons. The number of ketones is 1. The van der Waals surface area contributed by atoms with Gasteiger partial charge >= 0.3 is 0 Å². The number of rotatable bonds is 2. The zero-order chi connectivity index (χ0) is 15.1. The number of benzene rings is 2. The zero-order valence-corrected chi connectivity index (χ0v) is 12.4. The number of thiophene rings is 1. The van der Waals surface area contributed by atoms with Crippen LogP contribution in [0.15, 0.2) is 36.4 Å². The number of hydrogen-bond donors (Lipinski definition) is 0. The van der Waals surface area contributed by atoms with Crippen molar-refractivity contribution in [3.8, 4) is 0 Å². The van der Waals surface area contributed by atoms with Crippen LogP contribution in [0.25, 0.3) is 10.1 Å². The SMILES string of the molecule is Cc1cc(F)cc(C)c1C(=O)c1cc2ccc(F)cc2s1. The highest BCUT2D eigenvalue weighted by Crippen LogP contribution is 2.29. The Morgan fingerprint density at radius 3 is 2.29 bits per heavy atom. The lowest BCUT2D eigenvalue weighted by Gasteiger charge is -2.07. The first-order valence-corrected chi connectivity index (χ1v) is 7.28. The third-order valence-corrected chi connectivity index (χ3v) is 4.53. The minimum Gasteiger partial charge on any atom is -0.288 e. The van der Waals surface area contributed by atoms with Crippen molar-refractivity contribution in [2.75, 3.05) is 0 Å². The molecule has 0 aliphatic rings. The molecule has 1 heterocycles. The lowest BCUT2D eigenvalue weighted by molar-refractivity contribution is 0.104. The van der Waals surface area contributed by atoms with Gasteiger partial charge in [0.05, 0.1) is 4.88 Å². The van der Waals surface area contributed by atoms with Gasteiger partial charge in [0.25, 0.3) is 0 Å². The molecule has 1 aromatic heterocycles. The average Bonchev–Trinajstić information content (AvgIpc) is 2.80. The first-order chi connectivity index (χ1) is 9.95. The topological polar surface area (TPSA) is 17.1 Å². The molecular weight excluding hydrogens is 290 g/mol. The van der Waals surface area contributed by atoms with Gasteiger partial charge in [0, 0.05) is 10.3 Å². The molecule has 0 fully saturated rings. The maximum absolute atomic E-state index is 13.3. The maximum Gasteiger partial charge on any atom is 0.203 e. The van der Waals surface area contributed by atoms with E-state index in [1.54, 1.807) is 26.0 Å². The van der Waals surface area contributed by atoms with Gasteiger partial charge in [0.2, 0.25) is 5.78 Å². The van der Waals surface area contributed by atoms with Crippen LogP contribution in [-0.2, 0) is 0 Å². The van der Waals surface area contributed by atoms with Crippen molar-refractivity contribution in [1.29, 1.82) is 0 Å². The fraction of sp³-hybridized carbons (Fsp3) is 0.118. The molecule has 2 aromatic carbocycles. The normalized spacial score (nSPS) is 11.0. The molecule has 0 saturated heterocycles. The number of carbonyl (C=O) groups excluding carboxylic acids is 1. The number of aryl methyl sites for hydroxylation is 2. The van der Waals surface area contributed by atoms with Crippen LogP contribution in [0.2, 0.25) is 0 Å². The lowest BCUT2D eigenvalue weighted by atomic mass is 9.98. The van der Waals surface area contributed by atoms with E-state index in [0.29, 0.717) is 21.6 Å². The van der Waals surface area contributed by atoms with Crippen LogP contribution >= 0.6 is 11.3 Å². The van der Waals surface area contributed by atoms with Crippen molar-refractivity contribution >= 4 is 27.2 Å². The summed E-state index contributed by atoms with van der Waals surface area (Å²) in [5.74, 6) is -0.816. The third kappa shape index (κ3) is 2.47. The van der Waals surface area contributed by atoms with Gasteiger partial charge in [-0.1, -0.05) is 6.07 Å². The van der Waals surface area contributed by atoms with E-state index >= 15 is 0 Å². The molecule has 0 amide bonds. The molecule has 0 atom stereocenters. The van der Waals surface area contributed by atoms with Crippen molar-refractivity contribution in [1.82, 2.24) is 0 Å². The molecule has 0 aliphatic carbocycles. The Labute approximate surface area is 124 Å². The Balaban J connectivity index is 2.12. The Kier molecular flexibility index (Phi) is 3.33. The monoisotopic (exact) mass is 302 g/mol. The first kappa shape index (κ1) is 13.9. The van der Waals surface area contributed by atoms with E-state index < -0.39 is 0 Å². The van der Waals surface area contributed by atoms with E-state index in [1.165, 1.54) is 35.6 Å². The van der Waals surface area contributed by atoms with Crippen LogP contribution < -0.4 is 0 Å². The van der Waals surface area contributed by atoms with Crippen LogP contribution in [0.3, 0.4) is 0 Å². The second-order valence-electron chi connectivity index (χ2n) is 5.04. The second-order valence-corrected chi connectivity index (χ2v) is 6.12. The summed E-state index contributed by atoms with van der Waals surface area (Å²) in [5, 5.41) is 0.835. The summed E-state index contributed by atoms with van der Waals surface area (Å²) in [6.45, 7) is 3.44. The molecule has 0 bridgehead atoms. The molecule has 0 radical (unpaired) electrons. The van der Waals surface area contributed by atoms with Crippen LogP contribution in [0.1, 0.15) is 26.4 Å². The van der Waals surface area contributed by atoms with Crippen LogP contribution in [0.5, 0.6) is 0 Å². The third-order valence-electron chi connectivity index (χ3n) is 3.43. The van der Waals surface area contributed by atoms with E-state index in [4.69, 9.17) is 0 Å². The van der Waals surface area contributed by atoms with Crippen molar-refractivity contribution in [2.24, 2.45) is 0 Å². The van der Waals surface area contributed by atoms with Crippen LogP contribution in [0.4, 0.5) is 8.78 Å². The molecule has 0 unspecified atom stereocenters. The first-order valence-electron chi connectivity index (χ1n) is 6.46. The average molecular weight is 302 g/mol. The summed E-state index contributed by atoms with van der Waals surface area (Å²) in [4.78, 5) is 13.2. The number of carbonyl (C=O) groups is 1. The molecule has 4 heteroatoms. The lowest BCUT2D eigenvalue weighted by Crippen LogP contribution is -2.05. The molecule has 3 aromatic rings. The fourth-order valence-electron chi connectivity index (χ4n) is 2.51. The van der Waals surface area contributed by atoms with Crippen molar-refractivity contribution in [3.05, 3.63) is 69.6 Å². The molecule has 3 rings (SSSR count). The van der Waals surface area contributed by atoms with E-state index in [-0.39, 0.29) is 17.4 Å². The highest BCUT2D eigenvalue weighted by Gasteiger charge is 2.18. The van der Waals surface area contributed by atoms with E-state index in [1.807, 2.05) is 0 Å². The summed E-state index contributed by atoms with van der Waals surface area (Å²) in [7, 11) is 0. The van der Waals surface area contributed by atoms with Crippen LogP contribution in [-0.4, -0.2) is 5.78 Å². The standard InChI is InChI=1S/C17H12F2OS/c1-9-5-13(19)6-10(2)16(9)17(20)15-7-11-3-4-12(18)8-14(11)21-15/h3-8H,1-2H3. The second kappa shape index (κ2) is 5.04. The van der Waals surface area contributed by atoms with Gasteiger partial charge < -0.3 is 0 Å². The summed E-state index contributed by atoms with van der Waals surface area (Å²) < 4.78 is 27.3. The van der Waals surface area contributed by atoms with Crippen molar-refractivity contribution in [2.45, 2.75) is 13.8 Å². The van der Waals surface area contributed by atoms with Gasteiger partial charge in [-0.2, -0.15) is 0 Å². The van der Waals surface area contributed by atoms with Crippen molar-refractivity contribution < 1.29 is 13.6 Å². The molecule has 0 N–H and O–H groups in total. The van der Waals surface area contributed by atoms with Gasteiger partial charge in [-0.25, -0.2) is 8.78 Å². The van der Waals surface area contributed by atoms with Crippen LogP contribution in [0, 0.1) is 25.5 Å². The minimum atomic E-state index is -0.347. The molecule has 0 saturated carbocycles. The molecular formula is C17H12F2OS. The highest BCUT2D eigenvalue weighted by molar-refractivity contribution is 7.21. The fourth-order valence-corrected chi connectivity index (χ4v) is 3.54. The molecule has 21 heavy (non-hydrogen) atoms. The van der Waals surface area contributed by atoms with Crippen molar-refractivity contribution in [3.63, 3.8) is 0 Å². The number of hydrogen-bond acceptors (Lipinski definition) is 2. The van der Waals surface area contributed by atoms with Gasteiger partial charge in [-0.3, -0.25) is 4.79 Å². The van der Waals surface area contributed by atoms with Gasteiger partial charge in [0.1, 0.15) is 11.6 Å². The maximum atomic E-state index is 13.3. The smallest absolute Gasteiger partial charge is 0.203 e. The predicted octanol–water partition coefficient (Wildman–Crippen LogP) is 5.03.